The number of hydrogen-bond acceptors (Lipinski definition) is 4. The summed E-state index contributed by atoms with van der Waals surface area (Å²) >= 11 is 0. The average Bonchev–Trinajstić information content (AvgIpc) is 2.98. The van der Waals surface area contributed by atoms with Gasteiger partial charge in [0.15, 0.2) is 0 Å². The normalized spacial score (nSPS) is 18.0. The van der Waals surface area contributed by atoms with Crippen LogP contribution in [-0.2, 0) is 0 Å². The Hall–Kier alpha value is -1.87. The third-order valence-corrected chi connectivity index (χ3v) is 3.48. The summed E-state index contributed by atoms with van der Waals surface area (Å²) in [6.07, 6.45) is 3.48. The zero-order chi connectivity index (χ0) is 13.7. The van der Waals surface area contributed by atoms with Gasteiger partial charge >= 0.3 is 0 Å². The van der Waals surface area contributed by atoms with Crippen molar-refractivity contribution in [2.45, 2.75) is 25.8 Å². The minimum Gasteiger partial charge on any atom is -0.335 e. The predicted molar refractivity (Wildman–Crippen MR) is 70.4 cm³/mol. The first-order chi connectivity index (χ1) is 9.26. The van der Waals surface area contributed by atoms with Gasteiger partial charge in [-0.05, 0) is 12.5 Å². The zero-order valence-corrected chi connectivity index (χ0v) is 11.2. The van der Waals surface area contributed by atoms with Crippen LogP contribution in [-0.4, -0.2) is 58.1 Å². The van der Waals surface area contributed by atoms with Gasteiger partial charge in [0.2, 0.25) is 0 Å². The number of nitrogens with zero attached hydrogens (tertiary/aromatic N) is 4. The number of hydrogen-bond donors (Lipinski definition) is 1. The second-order valence-electron chi connectivity index (χ2n) is 4.73. The van der Waals surface area contributed by atoms with Crippen molar-refractivity contribution in [2.24, 2.45) is 0 Å². The van der Waals surface area contributed by atoms with Crippen molar-refractivity contribution in [1.29, 1.82) is 5.26 Å². The van der Waals surface area contributed by atoms with Crippen LogP contribution in [0.4, 0.5) is 0 Å². The van der Waals surface area contributed by atoms with E-state index < -0.39 is 0 Å². The highest BCUT2D eigenvalue weighted by atomic mass is 16.2. The van der Waals surface area contributed by atoms with E-state index in [9.17, 15) is 4.79 Å². The molecule has 1 fully saturated rings. The molecule has 1 saturated heterocycles. The Balaban J connectivity index is 1.89. The van der Waals surface area contributed by atoms with E-state index in [1.54, 1.807) is 12.3 Å². The van der Waals surface area contributed by atoms with Crippen LogP contribution in [0.25, 0.3) is 0 Å². The molecule has 0 radical (unpaired) electrons. The largest absolute Gasteiger partial charge is 0.335 e. The van der Waals surface area contributed by atoms with Crippen molar-refractivity contribution < 1.29 is 4.79 Å². The molecule has 0 aromatic carbocycles. The third-order valence-electron chi connectivity index (χ3n) is 3.48. The molecule has 2 rings (SSSR count). The predicted octanol–water partition coefficient (Wildman–Crippen LogP) is 0.860. The first kappa shape index (κ1) is 13.6. The molecule has 1 unspecified atom stereocenters. The van der Waals surface area contributed by atoms with Crippen LogP contribution in [0, 0.1) is 11.3 Å². The monoisotopic (exact) mass is 261 g/mol. The summed E-state index contributed by atoms with van der Waals surface area (Å²) in [5, 5.41) is 15.6. The fraction of sp³-hybridized carbons (Fsp3) is 0.615. The van der Waals surface area contributed by atoms with Gasteiger partial charge in [0.1, 0.15) is 5.69 Å². The Kier molecular flexibility index (Phi) is 4.53. The summed E-state index contributed by atoms with van der Waals surface area (Å²) in [6.45, 7) is 4.94. The molecule has 0 saturated carbocycles. The van der Waals surface area contributed by atoms with E-state index in [1.165, 1.54) is 0 Å². The summed E-state index contributed by atoms with van der Waals surface area (Å²) in [6, 6.07) is 4.02. The SMILES string of the molecule is CCCC(C#N)N1CCN(C(=O)c2ccn[nH]2)CC1. The van der Waals surface area contributed by atoms with E-state index in [-0.39, 0.29) is 11.9 Å². The van der Waals surface area contributed by atoms with E-state index in [1.807, 2.05) is 4.90 Å². The lowest BCUT2D eigenvalue weighted by atomic mass is 10.1. The van der Waals surface area contributed by atoms with Crippen LogP contribution < -0.4 is 0 Å². The standard InChI is InChI=1S/C13H19N5O/c1-2-3-11(10-14)17-6-8-18(9-7-17)13(19)12-4-5-15-16-12/h4-5,11H,2-3,6-9H2,1H3,(H,15,16). The molecule has 6 nitrogen and oxygen atoms in total. The molecule has 1 aromatic rings. The van der Waals surface area contributed by atoms with Crippen molar-refractivity contribution in [3.8, 4) is 6.07 Å². The fourth-order valence-electron chi connectivity index (χ4n) is 2.38. The van der Waals surface area contributed by atoms with Crippen molar-refractivity contribution in [3.63, 3.8) is 0 Å². The number of piperazine rings is 1. The number of nitrogens with one attached hydrogen (secondary N) is 1. The molecule has 0 aliphatic carbocycles. The molecule has 0 bridgehead atoms. The number of nitriles is 1. The summed E-state index contributed by atoms with van der Waals surface area (Å²) < 4.78 is 0. The second-order valence-corrected chi connectivity index (χ2v) is 4.73. The van der Waals surface area contributed by atoms with Gasteiger partial charge in [-0.2, -0.15) is 10.4 Å². The number of rotatable bonds is 4. The highest BCUT2D eigenvalue weighted by Gasteiger charge is 2.26. The average molecular weight is 261 g/mol. The maximum atomic E-state index is 12.1. The molecular weight excluding hydrogens is 242 g/mol. The molecule has 1 N–H and O–H groups in total. The Bertz CT molecular complexity index is 442. The first-order valence-corrected chi connectivity index (χ1v) is 6.68. The van der Waals surface area contributed by atoms with Crippen LogP contribution in [0.5, 0.6) is 0 Å². The van der Waals surface area contributed by atoms with Crippen molar-refractivity contribution in [2.75, 3.05) is 26.2 Å². The van der Waals surface area contributed by atoms with Gasteiger partial charge < -0.3 is 4.90 Å². The minimum atomic E-state index is -0.0191. The topological polar surface area (TPSA) is 76.0 Å². The Morgan fingerprint density at radius 2 is 2.26 bits per heavy atom. The smallest absolute Gasteiger partial charge is 0.271 e. The van der Waals surface area contributed by atoms with Crippen LogP contribution >= 0.6 is 0 Å². The molecule has 102 valence electrons. The van der Waals surface area contributed by atoms with Crippen LogP contribution in [0.3, 0.4) is 0 Å². The zero-order valence-electron chi connectivity index (χ0n) is 11.2. The van der Waals surface area contributed by atoms with Gasteiger partial charge in [0.25, 0.3) is 5.91 Å². The molecule has 2 heterocycles. The number of aromatic amines is 1. The van der Waals surface area contributed by atoms with Gasteiger partial charge in [0, 0.05) is 32.4 Å². The quantitative estimate of drug-likeness (QED) is 0.872. The first-order valence-electron chi connectivity index (χ1n) is 6.68. The lowest BCUT2D eigenvalue weighted by molar-refractivity contribution is 0.0595. The number of aromatic nitrogens is 2. The molecule has 1 aliphatic rings. The van der Waals surface area contributed by atoms with E-state index >= 15 is 0 Å². The highest BCUT2D eigenvalue weighted by molar-refractivity contribution is 5.92. The van der Waals surface area contributed by atoms with E-state index in [0.29, 0.717) is 18.8 Å². The van der Waals surface area contributed by atoms with Crippen molar-refractivity contribution >= 4 is 5.91 Å². The molecular formula is C13H19N5O. The van der Waals surface area contributed by atoms with Crippen LogP contribution in [0.15, 0.2) is 12.3 Å². The summed E-state index contributed by atoms with van der Waals surface area (Å²) in [5.41, 5.74) is 0.527. The molecule has 6 heteroatoms. The second kappa shape index (κ2) is 6.34. The van der Waals surface area contributed by atoms with Gasteiger partial charge in [-0.3, -0.25) is 14.8 Å². The Morgan fingerprint density at radius 3 is 2.79 bits per heavy atom. The Morgan fingerprint density at radius 1 is 1.53 bits per heavy atom. The maximum absolute atomic E-state index is 12.1. The number of carbonyl (C=O) groups is 1. The van der Waals surface area contributed by atoms with Gasteiger partial charge in [-0.1, -0.05) is 13.3 Å². The minimum absolute atomic E-state index is 0.0128. The lowest BCUT2D eigenvalue weighted by Crippen LogP contribution is -2.51. The van der Waals surface area contributed by atoms with Crippen molar-refractivity contribution in [1.82, 2.24) is 20.0 Å². The fourth-order valence-corrected chi connectivity index (χ4v) is 2.38. The van der Waals surface area contributed by atoms with Crippen molar-refractivity contribution in [3.05, 3.63) is 18.0 Å². The number of H-pyrrole nitrogens is 1. The summed E-state index contributed by atoms with van der Waals surface area (Å²) in [7, 11) is 0. The third kappa shape index (κ3) is 3.12. The molecule has 19 heavy (non-hydrogen) atoms. The number of amides is 1. The van der Waals surface area contributed by atoms with Gasteiger partial charge in [-0.25, -0.2) is 0 Å². The molecule has 1 aliphatic heterocycles. The van der Waals surface area contributed by atoms with E-state index in [2.05, 4.69) is 28.1 Å². The summed E-state index contributed by atoms with van der Waals surface area (Å²) in [5.74, 6) is -0.0128. The molecule has 1 aromatic heterocycles. The van der Waals surface area contributed by atoms with E-state index in [0.717, 1.165) is 25.9 Å². The Labute approximate surface area is 113 Å². The van der Waals surface area contributed by atoms with E-state index in [4.69, 9.17) is 5.26 Å². The summed E-state index contributed by atoms with van der Waals surface area (Å²) in [4.78, 5) is 16.1. The lowest BCUT2D eigenvalue weighted by Gasteiger charge is -2.36. The van der Waals surface area contributed by atoms with Crippen LogP contribution in [0.2, 0.25) is 0 Å². The van der Waals surface area contributed by atoms with Gasteiger partial charge in [0.05, 0.1) is 12.1 Å². The maximum Gasteiger partial charge on any atom is 0.271 e. The van der Waals surface area contributed by atoms with Crippen LogP contribution in [0.1, 0.15) is 30.3 Å². The molecule has 0 spiro atoms. The van der Waals surface area contributed by atoms with Gasteiger partial charge in [-0.15, -0.1) is 0 Å². The molecule has 1 atom stereocenters. The number of carbonyl (C=O) groups excluding carboxylic acids is 1. The highest BCUT2D eigenvalue weighted by Crippen LogP contribution is 2.12. The molecule has 1 amide bonds.